The van der Waals surface area contributed by atoms with Gasteiger partial charge >= 0.3 is 0 Å². The van der Waals surface area contributed by atoms with Gasteiger partial charge in [0, 0.05) is 17.4 Å². The van der Waals surface area contributed by atoms with Crippen LogP contribution in [0.3, 0.4) is 0 Å². The highest BCUT2D eigenvalue weighted by molar-refractivity contribution is 7.89. The molecule has 0 aliphatic heterocycles. The summed E-state index contributed by atoms with van der Waals surface area (Å²) in [6.07, 6.45) is 0. The number of rotatable bonds is 9. The largest absolute Gasteiger partial charge is 0.325 e. The number of benzene rings is 3. The van der Waals surface area contributed by atoms with Crippen molar-refractivity contribution in [2.24, 2.45) is 5.14 Å². The fraction of sp³-hybridized carbons (Fsp3) is 0.167. The lowest BCUT2D eigenvalue weighted by Gasteiger charge is -2.28. The van der Waals surface area contributed by atoms with Crippen molar-refractivity contribution in [3.63, 3.8) is 0 Å². The van der Waals surface area contributed by atoms with Crippen LogP contribution in [0.25, 0.3) is 0 Å². The minimum Gasteiger partial charge on any atom is -0.325 e. The lowest BCUT2D eigenvalue weighted by atomic mass is 10.1. The first-order valence-corrected chi connectivity index (χ1v) is 12.0. The lowest BCUT2D eigenvalue weighted by molar-refractivity contribution is -0.120. The Morgan fingerprint density at radius 1 is 0.800 bits per heavy atom. The number of nitrogens with one attached hydrogen (secondary N) is 2. The number of anilines is 2. The highest BCUT2D eigenvalue weighted by atomic mass is 32.2. The van der Waals surface area contributed by atoms with Gasteiger partial charge in [-0.3, -0.25) is 14.5 Å². The summed E-state index contributed by atoms with van der Waals surface area (Å²) in [5, 5.41) is 10.4. The van der Waals surface area contributed by atoms with Gasteiger partial charge in [0.05, 0.1) is 18.0 Å². The zero-order valence-electron chi connectivity index (χ0n) is 18.7. The first kappa shape index (κ1) is 25.9. The first-order chi connectivity index (χ1) is 16.5. The molecule has 0 bridgehead atoms. The van der Waals surface area contributed by atoms with Crippen LogP contribution in [0.15, 0.2) is 77.7 Å². The summed E-state index contributed by atoms with van der Waals surface area (Å²) >= 11 is 0. The topological polar surface area (TPSA) is 122 Å². The number of amides is 2. The van der Waals surface area contributed by atoms with Crippen LogP contribution in [0.5, 0.6) is 0 Å². The van der Waals surface area contributed by atoms with Crippen LogP contribution in [-0.2, 0) is 19.6 Å². The zero-order chi connectivity index (χ0) is 25.6. The van der Waals surface area contributed by atoms with E-state index in [1.54, 1.807) is 24.0 Å². The van der Waals surface area contributed by atoms with E-state index in [0.29, 0.717) is 16.9 Å². The van der Waals surface area contributed by atoms with E-state index in [0.717, 1.165) is 0 Å². The van der Waals surface area contributed by atoms with Crippen LogP contribution in [0.1, 0.15) is 18.5 Å². The minimum atomic E-state index is -3.87. The second kappa shape index (κ2) is 11.2. The van der Waals surface area contributed by atoms with Crippen molar-refractivity contribution in [2.45, 2.75) is 17.9 Å². The molecule has 1 atom stereocenters. The predicted molar refractivity (Wildman–Crippen MR) is 128 cm³/mol. The molecule has 35 heavy (non-hydrogen) atoms. The van der Waals surface area contributed by atoms with Crippen molar-refractivity contribution in [3.05, 3.63) is 90.0 Å². The number of nitrogens with two attached hydrogens (primary N) is 1. The van der Waals surface area contributed by atoms with Crippen LogP contribution < -0.4 is 15.8 Å². The molecular weight excluding hydrogens is 478 g/mol. The van der Waals surface area contributed by atoms with E-state index in [1.807, 2.05) is 0 Å². The molecule has 0 aliphatic rings. The number of hydrogen-bond acceptors (Lipinski definition) is 5. The maximum absolute atomic E-state index is 13.1. The smallest absolute Gasteiger partial charge is 0.238 e. The van der Waals surface area contributed by atoms with E-state index in [-0.39, 0.29) is 18.0 Å². The Bertz CT molecular complexity index is 1220. The number of nitrogens with zero attached hydrogens (tertiary/aromatic N) is 1. The lowest BCUT2D eigenvalue weighted by Crippen LogP contribution is -2.40. The maximum Gasteiger partial charge on any atom is 0.238 e. The summed E-state index contributed by atoms with van der Waals surface area (Å²) in [5.74, 6) is -1.78. The SMILES string of the molecule is CC(c1ccc(S(N)(=O)=O)cc1)N(CC(=O)Nc1ccc(F)cc1)CC(=O)Nc1ccc(F)cc1. The Morgan fingerprint density at radius 2 is 1.20 bits per heavy atom. The molecule has 0 fully saturated rings. The van der Waals surface area contributed by atoms with Crippen LogP contribution >= 0.6 is 0 Å². The van der Waals surface area contributed by atoms with Gasteiger partial charge in [-0.25, -0.2) is 22.3 Å². The van der Waals surface area contributed by atoms with Gasteiger partial charge in [-0.05, 0) is 73.2 Å². The van der Waals surface area contributed by atoms with E-state index < -0.39 is 39.5 Å². The van der Waals surface area contributed by atoms with Crippen molar-refractivity contribution < 1.29 is 26.8 Å². The van der Waals surface area contributed by atoms with Gasteiger partial charge in [0.1, 0.15) is 11.6 Å². The van der Waals surface area contributed by atoms with Gasteiger partial charge in [0.25, 0.3) is 0 Å². The Morgan fingerprint density at radius 3 is 1.57 bits per heavy atom. The molecule has 0 saturated heterocycles. The highest BCUT2D eigenvalue weighted by Crippen LogP contribution is 2.22. The Balaban J connectivity index is 1.77. The number of sulfonamides is 1. The number of halogens is 2. The normalized spacial score (nSPS) is 12.3. The number of primary sulfonamides is 1. The van der Waals surface area contributed by atoms with E-state index >= 15 is 0 Å². The molecule has 0 radical (unpaired) electrons. The number of carbonyl (C=O) groups excluding carboxylic acids is 2. The quantitative estimate of drug-likeness (QED) is 0.415. The molecule has 1 unspecified atom stereocenters. The van der Waals surface area contributed by atoms with Gasteiger partial charge in [0.2, 0.25) is 21.8 Å². The summed E-state index contributed by atoms with van der Waals surface area (Å²) in [7, 11) is -3.87. The first-order valence-electron chi connectivity index (χ1n) is 10.5. The van der Waals surface area contributed by atoms with Gasteiger partial charge in [-0.2, -0.15) is 0 Å². The monoisotopic (exact) mass is 502 g/mol. The third kappa shape index (κ3) is 7.67. The van der Waals surface area contributed by atoms with E-state index in [9.17, 15) is 26.8 Å². The van der Waals surface area contributed by atoms with Crippen molar-refractivity contribution in [2.75, 3.05) is 23.7 Å². The van der Waals surface area contributed by atoms with E-state index in [1.165, 1.54) is 60.7 Å². The molecule has 3 rings (SSSR count). The minimum absolute atomic E-state index is 0.0666. The third-order valence-corrected chi connectivity index (χ3v) is 6.12. The van der Waals surface area contributed by atoms with Crippen molar-refractivity contribution >= 4 is 33.2 Å². The van der Waals surface area contributed by atoms with Gasteiger partial charge in [0.15, 0.2) is 0 Å². The second-order valence-electron chi connectivity index (χ2n) is 7.81. The van der Waals surface area contributed by atoms with Crippen LogP contribution in [0, 0.1) is 11.6 Å². The summed E-state index contributed by atoms with van der Waals surface area (Å²) in [4.78, 5) is 26.9. The molecule has 0 spiro atoms. The molecule has 3 aromatic rings. The predicted octanol–water partition coefficient (Wildman–Crippen LogP) is 3.25. The van der Waals surface area contributed by atoms with Gasteiger partial charge in [-0.15, -0.1) is 0 Å². The zero-order valence-corrected chi connectivity index (χ0v) is 19.6. The molecule has 2 amide bonds. The molecule has 0 heterocycles. The van der Waals surface area contributed by atoms with Crippen LogP contribution in [-0.4, -0.2) is 38.2 Å². The average molecular weight is 503 g/mol. The molecule has 4 N–H and O–H groups in total. The number of hydrogen-bond donors (Lipinski definition) is 3. The summed E-state index contributed by atoms with van der Waals surface area (Å²) < 4.78 is 49.4. The Kier molecular flexibility index (Phi) is 8.28. The van der Waals surface area contributed by atoms with E-state index in [2.05, 4.69) is 10.6 Å². The van der Waals surface area contributed by atoms with Crippen molar-refractivity contribution in [3.8, 4) is 0 Å². The summed E-state index contributed by atoms with van der Waals surface area (Å²) in [5.41, 5.74) is 1.41. The molecular formula is C24H24F2N4O4S. The summed E-state index contributed by atoms with van der Waals surface area (Å²) in [6.45, 7) is 1.35. The molecule has 3 aromatic carbocycles. The van der Waals surface area contributed by atoms with Crippen LogP contribution in [0.2, 0.25) is 0 Å². The maximum atomic E-state index is 13.1. The fourth-order valence-electron chi connectivity index (χ4n) is 3.31. The summed E-state index contributed by atoms with van der Waals surface area (Å²) in [6, 6.07) is 15.8. The van der Waals surface area contributed by atoms with Gasteiger partial charge < -0.3 is 10.6 Å². The Labute approximate surface area is 201 Å². The molecule has 0 aliphatic carbocycles. The van der Waals surface area contributed by atoms with Gasteiger partial charge in [-0.1, -0.05) is 12.1 Å². The van der Waals surface area contributed by atoms with Crippen molar-refractivity contribution in [1.29, 1.82) is 0 Å². The average Bonchev–Trinajstić information content (AvgIpc) is 2.80. The van der Waals surface area contributed by atoms with Crippen LogP contribution in [0.4, 0.5) is 20.2 Å². The Hall–Kier alpha value is -3.67. The second-order valence-corrected chi connectivity index (χ2v) is 9.37. The number of carbonyl (C=O) groups is 2. The molecule has 184 valence electrons. The highest BCUT2D eigenvalue weighted by Gasteiger charge is 2.22. The third-order valence-electron chi connectivity index (χ3n) is 5.19. The molecule has 11 heteroatoms. The molecule has 0 saturated carbocycles. The van der Waals surface area contributed by atoms with Crippen molar-refractivity contribution in [1.82, 2.24) is 4.90 Å². The standard InChI is InChI=1S/C24H24F2N4O4S/c1-16(17-2-12-22(13-3-17)35(27,33)34)30(14-23(31)28-20-8-4-18(25)5-9-20)15-24(32)29-21-10-6-19(26)7-11-21/h2-13,16H,14-15H2,1H3,(H,28,31)(H,29,32)(H2,27,33,34). The molecule has 0 aromatic heterocycles. The molecule has 8 nitrogen and oxygen atoms in total. The van der Waals surface area contributed by atoms with E-state index in [4.69, 9.17) is 5.14 Å². The fourth-order valence-corrected chi connectivity index (χ4v) is 3.83.